The van der Waals surface area contributed by atoms with Crippen molar-refractivity contribution in [2.75, 3.05) is 34.8 Å². The van der Waals surface area contributed by atoms with E-state index < -0.39 is 22.5 Å². The van der Waals surface area contributed by atoms with Crippen molar-refractivity contribution in [3.8, 4) is 0 Å². The molecule has 2 heterocycles. The van der Waals surface area contributed by atoms with Gasteiger partial charge >= 0.3 is 0 Å². The van der Waals surface area contributed by atoms with Crippen LogP contribution in [0.25, 0.3) is 0 Å². The Balaban J connectivity index is 1.88. The molecule has 0 radical (unpaired) electrons. The van der Waals surface area contributed by atoms with Gasteiger partial charge in [0.25, 0.3) is 11.7 Å². The highest BCUT2D eigenvalue weighted by atomic mass is 32.2. The highest BCUT2D eigenvalue weighted by Crippen LogP contribution is 2.28. The molecule has 1 saturated heterocycles. The van der Waals surface area contributed by atoms with E-state index in [2.05, 4.69) is 10.2 Å². The summed E-state index contributed by atoms with van der Waals surface area (Å²) in [5.74, 6) is 0.295. The second-order valence-corrected chi connectivity index (χ2v) is 6.04. The average Bonchev–Trinajstić information content (AvgIpc) is 2.65. The van der Waals surface area contributed by atoms with Crippen molar-refractivity contribution in [2.45, 2.75) is 0 Å². The van der Waals surface area contributed by atoms with Crippen molar-refractivity contribution in [1.82, 2.24) is 0 Å². The van der Waals surface area contributed by atoms with Crippen molar-refractivity contribution >= 4 is 33.9 Å². The number of carbonyl (C=O) groups is 2. The molecule has 6 heteroatoms. The van der Waals surface area contributed by atoms with E-state index in [1.807, 2.05) is 12.1 Å². The quantitative estimate of drug-likeness (QED) is 0.745. The van der Waals surface area contributed by atoms with Gasteiger partial charge in [0.1, 0.15) is 0 Å². The van der Waals surface area contributed by atoms with Crippen LogP contribution in [0.15, 0.2) is 18.2 Å². The number of rotatable bonds is 1. The first kappa shape index (κ1) is 11.4. The van der Waals surface area contributed by atoms with Gasteiger partial charge in [-0.3, -0.25) is 13.8 Å². The Morgan fingerprint density at radius 3 is 2.61 bits per heavy atom. The van der Waals surface area contributed by atoms with Crippen molar-refractivity contribution in [3.05, 3.63) is 23.8 Å². The minimum absolute atomic E-state index is 0.435. The van der Waals surface area contributed by atoms with Crippen LogP contribution >= 0.6 is 0 Å². The highest BCUT2D eigenvalue weighted by Gasteiger charge is 2.28. The van der Waals surface area contributed by atoms with Gasteiger partial charge < -0.3 is 10.2 Å². The first-order chi connectivity index (χ1) is 8.65. The van der Waals surface area contributed by atoms with Gasteiger partial charge in [0, 0.05) is 41.1 Å². The third-order valence-electron chi connectivity index (χ3n) is 3.25. The SMILES string of the molecule is O=C1Nc2cc(N3CCS(=O)CC3)ccc2C1=O. The standard InChI is InChI=1S/C12H12N2O3S/c15-11-9-2-1-8(7-10(9)13-12(11)16)14-3-5-18(17)6-4-14/h1-2,7H,3-6H2,(H,13,15,16). The van der Waals surface area contributed by atoms with Crippen molar-refractivity contribution in [2.24, 2.45) is 0 Å². The van der Waals surface area contributed by atoms with Crippen LogP contribution in [-0.2, 0) is 15.6 Å². The van der Waals surface area contributed by atoms with E-state index in [1.165, 1.54) is 0 Å². The number of nitrogens with one attached hydrogen (secondary N) is 1. The van der Waals surface area contributed by atoms with Gasteiger partial charge in [-0.1, -0.05) is 0 Å². The first-order valence-corrected chi connectivity index (χ1v) is 7.23. The van der Waals surface area contributed by atoms with Crippen LogP contribution in [0.4, 0.5) is 11.4 Å². The Bertz CT molecular complexity index is 560. The molecule has 1 amide bonds. The van der Waals surface area contributed by atoms with Gasteiger partial charge in [0.05, 0.1) is 11.3 Å². The number of Topliss-reactive ketones (excluding diaryl/α,β-unsaturated/α-hetero) is 1. The second-order valence-electron chi connectivity index (χ2n) is 4.35. The molecule has 0 spiro atoms. The molecule has 0 aromatic heterocycles. The smallest absolute Gasteiger partial charge is 0.296 e. The first-order valence-electron chi connectivity index (χ1n) is 5.75. The Morgan fingerprint density at radius 2 is 1.89 bits per heavy atom. The molecule has 0 aliphatic carbocycles. The Labute approximate surface area is 107 Å². The number of benzene rings is 1. The van der Waals surface area contributed by atoms with E-state index in [1.54, 1.807) is 6.07 Å². The Hall–Kier alpha value is -1.69. The lowest BCUT2D eigenvalue weighted by Gasteiger charge is -2.28. The predicted molar refractivity (Wildman–Crippen MR) is 69.5 cm³/mol. The molecule has 2 aliphatic heterocycles. The molecule has 1 aromatic rings. The van der Waals surface area contributed by atoms with Crippen LogP contribution in [0.3, 0.4) is 0 Å². The summed E-state index contributed by atoms with van der Waals surface area (Å²) in [6, 6.07) is 5.33. The summed E-state index contributed by atoms with van der Waals surface area (Å²) in [7, 11) is -0.711. The number of carbonyl (C=O) groups excluding carboxylic acids is 2. The van der Waals surface area contributed by atoms with Crippen molar-refractivity contribution in [3.63, 3.8) is 0 Å². The lowest BCUT2D eigenvalue weighted by molar-refractivity contribution is -0.112. The Kier molecular flexibility index (Phi) is 2.66. The number of hydrogen-bond donors (Lipinski definition) is 1. The van der Waals surface area contributed by atoms with Crippen molar-refractivity contribution in [1.29, 1.82) is 0 Å². The van der Waals surface area contributed by atoms with Crippen LogP contribution in [0.1, 0.15) is 10.4 Å². The molecule has 3 rings (SSSR count). The van der Waals surface area contributed by atoms with E-state index in [4.69, 9.17) is 0 Å². The number of ketones is 1. The van der Waals surface area contributed by atoms with Crippen LogP contribution in [0.5, 0.6) is 0 Å². The lowest BCUT2D eigenvalue weighted by atomic mass is 10.1. The number of nitrogens with zero attached hydrogens (tertiary/aromatic N) is 1. The maximum absolute atomic E-state index is 11.5. The molecular weight excluding hydrogens is 252 g/mol. The molecule has 1 N–H and O–H groups in total. The fourth-order valence-corrected chi connectivity index (χ4v) is 3.28. The minimum atomic E-state index is -0.711. The summed E-state index contributed by atoms with van der Waals surface area (Å²) in [5, 5.41) is 2.56. The van der Waals surface area contributed by atoms with Crippen LogP contribution in [-0.4, -0.2) is 40.5 Å². The fourth-order valence-electron chi connectivity index (χ4n) is 2.23. The molecule has 5 nitrogen and oxygen atoms in total. The third-order valence-corrected chi connectivity index (χ3v) is 4.52. The summed E-state index contributed by atoms with van der Waals surface area (Å²) >= 11 is 0. The van der Waals surface area contributed by atoms with Crippen molar-refractivity contribution < 1.29 is 13.8 Å². The van der Waals surface area contributed by atoms with Gasteiger partial charge in [0.15, 0.2) is 0 Å². The van der Waals surface area contributed by atoms with Gasteiger partial charge in [-0.2, -0.15) is 0 Å². The van der Waals surface area contributed by atoms with Crippen LogP contribution < -0.4 is 10.2 Å². The third kappa shape index (κ3) is 1.82. The van der Waals surface area contributed by atoms with Gasteiger partial charge in [0.2, 0.25) is 0 Å². The van der Waals surface area contributed by atoms with E-state index in [-0.39, 0.29) is 0 Å². The maximum atomic E-state index is 11.5. The molecule has 1 fully saturated rings. The van der Waals surface area contributed by atoms with Gasteiger partial charge in [-0.25, -0.2) is 0 Å². The molecule has 2 aliphatic rings. The summed E-state index contributed by atoms with van der Waals surface area (Å²) in [6.45, 7) is 1.49. The molecule has 1 aromatic carbocycles. The molecular formula is C12H12N2O3S. The van der Waals surface area contributed by atoms with E-state index in [0.717, 1.165) is 18.8 Å². The molecule has 0 bridgehead atoms. The maximum Gasteiger partial charge on any atom is 0.296 e. The second kappa shape index (κ2) is 4.20. The average molecular weight is 264 g/mol. The highest BCUT2D eigenvalue weighted by molar-refractivity contribution is 7.85. The minimum Gasteiger partial charge on any atom is -0.370 e. The zero-order valence-electron chi connectivity index (χ0n) is 9.64. The van der Waals surface area contributed by atoms with Crippen LogP contribution in [0, 0.1) is 0 Å². The Morgan fingerprint density at radius 1 is 1.17 bits per heavy atom. The monoisotopic (exact) mass is 264 g/mol. The van der Waals surface area contributed by atoms with E-state index in [0.29, 0.717) is 22.8 Å². The normalized spacial score (nSPS) is 19.9. The summed E-state index contributed by atoms with van der Waals surface area (Å²) in [4.78, 5) is 24.8. The van der Waals surface area contributed by atoms with E-state index >= 15 is 0 Å². The molecule has 0 saturated carbocycles. The van der Waals surface area contributed by atoms with Crippen LogP contribution in [0.2, 0.25) is 0 Å². The zero-order chi connectivity index (χ0) is 12.7. The summed E-state index contributed by atoms with van der Waals surface area (Å²) < 4.78 is 11.3. The number of fused-ring (bicyclic) bond motifs is 1. The number of anilines is 2. The predicted octanol–water partition coefficient (Wildman–Crippen LogP) is 0.390. The fraction of sp³-hybridized carbons (Fsp3) is 0.333. The molecule has 94 valence electrons. The molecule has 18 heavy (non-hydrogen) atoms. The van der Waals surface area contributed by atoms with Gasteiger partial charge in [-0.05, 0) is 18.2 Å². The largest absolute Gasteiger partial charge is 0.370 e. The number of hydrogen-bond acceptors (Lipinski definition) is 4. The topological polar surface area (TPSA) is 66.5 Å². The summed E-state index contributed by atoms with van der Waals surface area (Å²) in [5.41, 5.74) is 1.97. The van der Waals surface area contributed by atoms with E-state index in [9.17, 15) is 13.8 Å². The lowest BCUT2D eigenvalue weighted by Crippen LogP contribution is -2.37. The van der Waals surface area contributed by atoms with Gasteiger partial charge in [-0.15, -0.1) is 0 Å². The molecule has 0 atom stereocenters. The summed E-state index contributed by atoms with van der Waals surface area (Å²) in [6.07, 6.45) is 0. The number of amides is 1. The zero-order valence-corrected chi connectivity index (χ0v) is 10.5. The molecule has 0 unspecified atom stereocenters.